The highest BCUT2D eigenvalue weighted by molar-refractivity contribution is 5.85. The van der Waals surface area contributed by atoms with Crippen molar-refractivity contribution in [1.29, 1.82) is 0 Å². The first-order valence-electron chi connectivity index (χ1n) is 4.64. The van der Waals surface area contributed by atoms with Crippen molar-refractivity contribution in [2.24, 2.45) is 5.73 Å². The lowest BCUT2D eigenvalue weighted by Gasteiger charge is -2.21. The Morgan fingerprint density at radius 2 is 2.00 bits per heavy atom. The van der Waals surface area contributed by atoms with Gasteiger partial charge in [0.25, 0.3) is 0 Å². The number of Topliss-reactive ketones (excluding diaryl/α,β-unsaturated/α-hetero) is 1. The summed E-state index contributed by atoms with van der Waals surface area (Å²) in [5.41, 5.74) is 5.56. The van der Waals surface area contributed by atoms with Gasteiger partial charge < -0.3 is 15.9 Å². The first-order valence-corrected chi connectivity index (χ1v) is 4.64. The third kappa shape index (κ3) is 2.70. The van der Waals surface area contributed by atoms with E-state index in [1.807, 2.05) is 0 Å². The van der Waals surface area contributed by atoms with Crippen LogP contribution >= 0.6 is 0 Å². The molecule has 82 valence electrons. The molecular formula is C11H15NO3. The fourth-order valence-corrected chi connectivity index (χ4v) is 1.23. The number of benzene rings is 1. The summed E-state index contributed by atoms with van der Waals surface area (Å²) in [5.74, 6) is -0.498. The van der Waals surface area contributed by atoms with E-state index in [0.29, 0.717) is 12.0 Å². The van der Waals surface area contributed by atoms with Crippen LogP contribution in [-0.4, -0.2) is 21.5 Å². The Hall–Kier alpha value is -1.55. The van der Waals surface area contributed by atoms with Crippen LogP contribution in [0.1, 0.15) is 19.4 Å². The second-order valence-electron chi connectivity index (χ2n) is 3.97. The van der Waals surface area contributed by atoms with Crippen LogP contribution in [0.5, 0.6) is 11.5 Å². The lowest BCUT2D eigenvalue weighted by atomic mass is 9.90. The molecule has 0 aromatic heterocycles. The van der Waals surface area contributed by atoms with E-state index in [1.165, 1.54) is 19.1 Å². The highest BCUT2D eigenvalue weighted by Gasteiger charge is 2.24. The molecule has 0 spiro atoms. The van der Waals surface area contributed by atoms with E-state index in [4.69, 9.17) is 10.8 Å². The molecule has 0 saturated carbocycles. The van der Waals surface area contributed by atoms with Crippen molar-refractivity contribution in [1.82, 2.24) is 0 Å². The van der Waals surface area contributed by atoms with Crippen LogP contribution in [0.15, 0.2) is 18.2 Å². The van der Waals surface area contributed by atoms with E-state index >= 15 is 0 Å². The number of rotatable bonds is 3. The molecule has 0 fully saturated rings. The zero-order valence-electron chi connectivity index (χ0n) is 8.82. The first-order chi connectivity index (χ1) is 6.83. The Labute approximate surface area is 88.3 Å². The van der Waals surface area contributed by atoms with Crippen molar-refractivity contribution in [3.05, 3.63) is 23.8 Å². The Morgan fingerprint density at radius 1 is 1.40 bits per heavy atom. The van der Waals surface area contributed by atoms with Crippen LogP contribution in [0.2, 0.25) is 0 Å². The van der Waals surface area contributed by atoms with Gasteiger partial charge in [0.2, 0.25) is 0 Å². The maximum absolute atomic E-state index is 11.2. The van der Waals surface area contributed by atoms with E-state index in [2.05, 4.69) is 0 Å². The summed E-state index contributed by atoms with van der Waals surface area (Å²) in [6.07, 6.45) is 0.330. The number of hydrogen-bond donors (Lipinski definition) is 3. The predicted octanol–water partition coefficient (Wildman–Crippen LogP) is 0.947. The smallest absolute Gasteiger partial charge is 0.157 e. The minimum atomic E-state index is -0.941. The fourth-order valence-electron chi connectivity index (χ4n) is 1.23. The van der Waals surface area contributed by atoms with Gasteiger partial charge in [0, 0.05) is 0 Å². The van der Waals surface area contributed by atoms with E-state index in [9.17, 15) is 9.90 Å². The molecule has 0 heterocycles. The van der Waals surface area contributed by atoms with E-state index in [1.54, 1.807) is 13.0 Å². The predicted molar refractivity (Wildman–Crippen MR) is 56.7 cm³/mol. The molecule has 0 aliphatic carbocycles. The third-order valence-corrected chi connectivity index (χ3v) is 2.42. The van der Waals surface area contributed by atoms with Crippen molar-refractivity contribution in [2.45, 2.75) is 25.8 Å². The van der Waals surface area contributed by atoms with Crippen LogP contribution in [0.4, 0.5) is 0 Å². The number of hydrogen-bond acceptors (Lipinski definition) is 4. The van der Waals surface area contributed by atoms with E-state index in [0.717, 1.165) is 0 Å². The molecule has 1 rings (SSSR count). The summed E-state index contributed by atoms with van der Waals surface area (Å²) in [5, 5.41) is 18.4. The molecule has 0 aliphatic rings. The van der Waals surface area contributed by atoms with Gasteiger partial charge >= 0.3 is 0 Å². The molecule has 0 bridgehead atoms. The van der Waals surface area contributed by atoms with Crippen LogP contribution < -0.4 is 5.73 Å². The van der Waals surface area contributed by atoms with Gasteiger partial charge in [0.1, 0.15) is 5.78 Å². The van der Waals surface area contributed by atoms with Crippen molar-refractivity contribution >= 4 is 5.78 Å². The summed E-state index contributed by atoms with van der Waals surface area (Å²) in [4.78, 5) is 11.2. The number of aromatic hydroxyl groups is 2. The fraction of sp³-hybridized carbons (Fsp3) is 0.364. The second-order valence-corrected chi connectivity index (χ2v) is 3.97. The molecule has 1 atom stereocenters. The topological polar surface area (TPSA) is 83.6 Å². The summed E-state index contributed by atoms with van der Waals surface area (Å²) < 4.78 is 0. The summed E-state index contributed by atoms with van der Waals surface area (Å²) in [6, 6.07) is 4.41. The first kappa shape index (κ1) is 11.5. The number of ketones is 1. The Kier molecular flexibility index (Phi) is 3.00. The van der Waals surface area contributed by atoms with Crippen molar-refractivity contribution in [3.63, 3.8) is 0 Å². The van der Waals surface area contributed by atoms with Crippen LogP contribution in [0.25, 0.3) is 0 Å². The molecule has 0 saturated heterocycles. The second kappa shape index (κ2) is 3.90. The number of phenolic OH excluding ortho intramolecular Hbond substituents is 2. The molecular weight excluding hydrogens is 194 g/mol. The summed E-state index contributed by atoms with van der Waals surface area (Å²) in [6.45, 7) is 3.07. The van der Waals surface area contributed by atoms with Crippen molar-refractivity contribution < 1.29 is 15.0 Å². The minimum absolute atomic E-state index is 0.116. The van der Waals surface area contributed by atoms with Crippen LogP contribution in [0, 0.1) is 0 Å². The lowest BCUT2D eigenvalue weighted by molar-refractivity contribution is -0.121. The van der Waals surface area contributed by atoms with Crippen molar-refractivity contribution in [2.75, 3.05) is 0 Å². The standard InChI is InChI=1S/C11H15NO3/c1-7(13)11(2,12)6-8-3-4-9(14)10(15)5-8/h3-5,14-15H,6,12H2,1-2H3/t11-/m0/s1. The average molecular weight is 209 g/mol. The van der Waals surface area contributed by atoms with Gasteiger partial charge in [-0.3, -0.25) is 4.79 Å². The zero-order valence-corrected chi connectivity index (χ0v) is 8.82. The largest absolute Gasteiger partial charge is 0.504 e. The third-order valence-electron chi connectivity index (χ3n) is 2.42. The molecule has 15 heavy (non-hydrogen) atoms. The van der Waals surface area contributed by atoms with Gasteiger partial charge in [-0.25, -0.2) is 0 Å². The molecule has 0 unspecified atom stereocenters. The summed E-state index contributed by atoms with van der Waals surface area (Å²) >= 11 is 0. The minimum Gasteiger partial charge on any atom is -0.504 e. The lowest BCUT2D eigenvalue weighted by Crippen LogP contribution is -2.45. The zero-order chi connectivity index (χ0) is 11.6. The van der Waals surface area contributed by atoms with Gasteiger partial charge in [0.05, 0.1) is 5.54 Å². The molecule has 0 amide bonds. The van der Waals surface area contributed by atoms with Gasteiger partial charge in [-0.15, -0.1) is 0 Å². The highest BCUT2D eigenvalue weighted by atomic mass is 16.3. The number of carbonyl (C=O) groups is 1. The average Bonchev–Trinajstić information content (AvgIpc) is 2.10. The number of phenols is 2. The summed E-state index contributed by atoms with van der Waals surface area (Å²) in [7, 11) is 0. The molecule has 0 radical (unpaired) electrons. The highest BCUT2D eigenvalue weighted by Crippen LogP contribution is 2.26. The molecule has 0 aliphatic heterocycles. The van der Waals surface area contributed by atoms with Gasteiger partial charge in [-0.2, -0.15) is 0 Å². The van der Waals surface area contributed by atoms with E-state index in [-0.39, 0.29) is 17.3 Å². The van der Waals surface area contributed by atoms with E-state index < -0.39 is 5.54 Å². The molecule has 1 aromatic carbocycles. The number of carbonyl (C=O) groups excluding carboxylic acids is 1. The van der Waals surface area contributed by atoms with Gasteiger partial charge in [-0.1, -0.05) is 6.07 Å². The maximum Gasteiger partial charge on any atom is 0.157 e. The Bertz CT molecular complexity index is 385. The molecule has 4 nitrogen and oxygen atoms in total. The van der Waals surface area contributed by atoms with Crippen molar-refractivity contribution in [3.8, 4) is 11.5 Å². The quantitative estimate of drug-likeness (QED) is 0.647. The monoisotopic (exact) mass is 209 g/mol. The van der Waals surface area contributed by atoms with Gasteiger partial charge in [-0.05, 0) is 38.0 Å². The molecule has 1 aromatic rings. The maximum atomic E-state index is 11.2. The SMILES string of the molecule is CC(=O)[C@@](C)(N)Cc1ccc(O)c(O)c1. The Morgan fingerprint density at radius 3 is 2.47 bits per heavy atom. The Balaban J connectivity index is 2.91. The van der Waals surface area contributed by atoms with Crippen LogP contribution in [-0.2, 0) is 11.2 Å². The molecule has 4 N–H and O–H groups in total. The van der Waals surface area contributed by atoms with Crippen LogP contribution in [0.3, 0.4) is 0 Å². The van der Waals surface area contributed by atoms with Gasteiger partial charge in [0.15, 0.2) is 11.5 Å². The molecule has 4 heteroatoms. The number of nitrogens with two attached hydrogens (primary N) is 1. The normalized spacial score (nSPS) is 14.6.